The molecule has 0 aromatic heterocycles. The number of alkyl carbamates (subject to hydrolysis) is 1. The number of esters is 1. The van der Waals surface area contributed by atoms with Crippen LogP contribution in [0.3, 0.4) is 0 Å². The highest BCUT2D eigenvalue weighted by molar-refractivity contribution is 5.94. The van der Waals surface area contributed by atoms with Crippen LogP contribution in [0.1, 0.15) is 90.1 Å². The molecule has 2 aromatic rings. The Morgan fingerprint density at radius 3 is 2.02 bits per heavy atom. The summed E-state index contributed by atoms with van der Waals surface area (Å²) in [6, 6.07) is 13.3. The van der Waals surface area contributed by atoms with Crippen LogP contribution in [0.5, 0.6) is 0 Å². The first kappa shape index (κ1) is 37.8. The summed E-state index contributed by atoms with van der Waals surface area (Å²) in [5, 5.41) is 15.4. The molecule has 0 saturated heterocycles. The molecule has 0 radical (unpaired) electrons. The minimum atomic E-state index is -1.30. The number of rotatable bonds is 12. The first-order chi connectivity index (χ1) is 21.3. The van der Waals surface area contributed by atoms with Gasteiger partial charge in [-0.15, -0.1) is 0 Å². The molecule has 0 aliphatic heterocycles. The zero-order chi connectivity index (χ0) is 34.8. The Morgan fingerprint density at radius 1 is 0.870 bits per heavy atom. The number of nitrogens with zero attached hydrogens (tertiary/aromatic N) is 2. The normalized spacial score (nSPS) is 13.5. The van der Waals surface area contributed by atoms with E-state index in [0.717, 1.165) is 16.0 Å². The van der Waals surface area contributed by atoms with Crippen molar-refractivity contribution in [1.29, 1.82) is 5.26 Å². The zero-order valence-electron chi connectivity index (χ0n) is 28.9. The van der Waals surface area contributed by atoms with Gasteiger partial charge >= 0.3 is 12.1 Å². The van der Waals surface area contributed by atoms with Gasteiger partial charge in [-0.25, -0.2) is 9.59 Å². The van der Waals surface area contributed by atoms with Crippen molar-refractivity contribution in [3.05, 3.63) is 70.8 Å². The Labute approximate surface area is 273 Å². The van der Waals surface area contributed by atoms with E-state index in [1.165, 1.54) is 0 Å². The van der Waals surface area contributed by atoms with Crippen LogP contribution in [0.2, 0.25) is 0 Å². The van der Waals surface area contributed by atoms with Crippen LogP contribution in [0, 0.1) is 31.1 Å². The Bertz CT molecular complexity index is 1400. The molecule has 2 aromatic carbocycles. The summed E-state index contributed by atoms with van der Waals surface area (Å²) in [7, 11) is 0. The monoisotopic (exact) mass is 634 g/mol. The Balaban J connectivity index is 2.64. The Kier molecular flexibility index (Phi) is 13.4. The molecule has 0 spiro atoms. The average Bonchev–Trinajstić information content (AvgIpc) is 2.92. The van der Waals surface area contributed by atoms with Gasteiger partial charge in [0, 0.05) is 6.42 Å². The molecule has 2 N–H and O–H groups in total. The third-order valence-corrected chi connectivity index (χ3v) is 6.80. The number of aryl methyl sites for hydroxylation is 2. The van der Waals surface area contributed by atoms with Crippen molar-refractivity contribution in [2.45, 2.75) is 111 Å². The van der Waals surface area contributed by atoms with Gasteiger partial charge in [0.05, 0.1) is 6.07 Å². The fourth-order valence-electron chi connectivity index (χ4n) is 4.89. The second-order valence-corrected chi connectivity index (χ2v) is 14.0. The highest BCUT2D eigenvalue weighted by Crippen LogP contribution is 2.28. The van der Waals surface area contributed by atoms with Crippen molar-refractivity contribution in [3.8, 4) is 6.07 Å². The first-order valence-electron chi connectivity index (χ1n) is 15.6. The predicted octanol–water partition coefficient (Wildman–Crippen LogP) is 5.71. The molecule has 0 aliphatic carbocycles. The minimum Gasteiger partial charge on any atom is -0.458 e. The van der Waals surface area contributed by atoms with Gasteiger partial charge in [0.15, 0.2) is 0 Å². The van der Waals surface area contributed by atoms with E-state index in [2.05, 4.69) is 10.6 Å². The first-order valence-corrected chi connectivity index (χ1v) is 15.6. The van der Waals surface area contributed by atoms with Gasteiger partial charge in [-0.1, -0.05) is 67.9 Å². The molecular formula is C36H50N4O6. The number of hydrogen-bond donors (Lipinski definition) is 2. The Hall–Kier alpha value is -4.39. The van der Waals surface area contributed by atoms with Crippen LogP contribution < -0.4 is 10.6 Å². The van der Waals surface area contributed by atoms with Crippen molar-refractivity contribution < 1.29 is 28.7 Å². The van der Waals surface area contributed by atoms with E-state index in [-0.39, 0.29) is 18.8 Å². The largest absolute Gasteiger partial charge is 0.458 e. The van der Waals surface area contributed by atoms with Crippen LogP contribution in [0.15, 0.2) is 48.5 Å². The van der Waals surface area contributed by atoms with E-state index in [1.807, 2.05) is 76.2 Å². The third kappa shape index (κ3) is 12.2. The molecule has 250 valence electrons. The zero-order valence-corrected chi connectivity index (χ0v) is 28.9. The number of nitriles is 1. The summed E-state index contributed by atoms with van der Waals surface area (Å²) in [6.07, 6.45) is -0.414. The molecular weight excluding hydrogens is 584 g/mol. The van der Waals surface area contributed by atoms with E-state index in [9.17, 15) is 24.4 Å². The minimum absolute atomic E-state index is 0.0248. The van der Waals surface area contributed by atoms with E-state index in [0.29, 0.717) is 11.1 Å². The molecule has 46 heavy (non-hydrogen) atoms. The standard InChI is InChI=1S/C36H50N4O6/c1-23(2)20-28(39-34(44)46-36(8,9)10)32(42)40(19-18-37)30(27-21-24(3)16-17-25(27)4)31(41)38-29(33(43)45-35(5,6)7)22-26-14-12-11-13-15-26/h11-17,21,23,28-30H,19-20,22H2,1-10H3,(H,38,41)(H,39,44). The quantitative estimate of drug-likeness (QED) is 0.226. The topological polar surface area (TPSA) is 138 Å². The number of nitrogens with one attached hydrogen (secondary N) is 2. The maximum absolute atomic E-state index is 14.4. The molecule has 3 unspecified atom stereocenters. The van der Waals surface area contributed by atoms with Gasteiger partial charge in [-0.3, -0.25) is 9.59 Å². The van der Waals surface area contributed by atoms with E-state index in [4.69, 9.17) is 9.47 Å². The fraction of sp³-hybridized carbons (Fsp3) is 0.528. The number of hydrogen-bond acceptors (Lipinski definition) is 7. The predicted molar refractivity (Wildman–Crippen MR) is 177 cm³/mol. The average molecular weight is 635 g/mol. The van der Waals surface area contributed by atoms with Crippen molar-refractivity contribution >= 4 is 23.9 Å². The fourth-order valence-corrected chi connectivity index (χ4v) is 4.89. The van der Waals surface area contributed by atoms with Gasteiger partial charge < -0.3 is 25.0 Å². The summed E-state index contributed by atoms with van der Waals surface area (Å²) in [4.78, 5) is 56.2. The van der Waals surface area contributed by atoms with Crippen molar-refractivity contribution in [3.63, 3.8) is 0 Å². The number of amides is 3. The van der Waals surface area contributed by atoms with Gasteiger partial charge in [0.2, 0.25) is 11.8 Å². The molecule has 3 amide bonds. The van der Waals surface area contributed by atoms with Crippen LogP contribution in [0.25, 0.3) is 0 Å². The summed E-state index contributed by atoms with van der Waals surface area (Å²) in [6.45, 7) is 17.4. The molecule has 0 aliphatic rings. The summed E-state index contributed by atoms with van der Waals surface area (Å²) in [5.74, 6) is -1.95. The maximum atomic E-state index is 14.4. The second kappa shape index (κ2) is 16.3. The molecule has 0 fully saturated rings. The lowest BCUT2D eigenvalue weighted by Gasteiger charge is -2.35. The van der Waals surface area contributed by atoms with Crippen LogP contribution >= 0.6 is 0 Å². The van der Waals surface area contributed by atoms with Crippen LogP contribution in [-0.4, -0.2) is 58.6 Å². The summed E-state index contributed by atoms with van der Waals surface area (Å²) < 4.78 is 11.1. The highest BCUT2D eigenvalue weighted by Gasteiger charge is 2.39. The summed E-state index contributed by atoms with van der Waals surface area (Å²) >= 11 is 0. The molecule has 2 rings (SSSR count). The van der Waals surface area contributed by atoms with Gasteiger partial charge in [-0.05, 0) is 84.4 Å². The number of carbonyl (C=O) groups is 4. The SMILES string of the molecule is Cc1ccc(C)c(C(C(=O)NC(Cc2ccccc2)C(=O)OC(C)(C)C)N(CC#N)C(=O)C(CC(C)C)NC(=O)OC(C)(C)C)c1. The number of carbonyl (C=O) groups excluding carboxylic acids is 4. The Morgan fingerprint density at radius 2 is 1.48 bits per heavy atom. The van der Waals surface area contributed by atoms with Gasteiger partial charge in [-0.2, -0.15) is 5.26 Å². The summed E-state index contributed by atoms with van der Waals surface area (Å²) in [5.41, 5.74) is 1.21. The second-order valence-electron chi connectivity index (χ2n) is 14.0. The lowest BCUT2D eigenvalue weighted by molar-refractivity contribution is -0.159. The molecule has 3 atom stereocenters. The molecule has 0 bridgehead atoms. The number of ether oxygens (including phenoxy) is 2. The van der Waals surface area contributed by atoms with E-state index >= 15 is 0 Å². The smallest absolute Gasteiger partial charge is 0.408 e. The molecule has 0 saturated carbocycles. The van der Waals surface area contributed by atoms with Gasteiger partial charge in [0.1, 0.15) is 35.9 Å². The number of benzene rings is 2. The molecule has 0 heterocycles. The van der Waals surface area contributed by atoms with Crippen molar-refractivity contribution in [1.82, 2.24) is 15.5 Å². The molecule has 10 nitrogen and oxygen atoms in total. The lowest BCUT2D eigenvalue weighted by atomic mass is 9.94. The van der Waals surface area contributed by atoms with E-state index < -0.39 is 59.7 Å². The maximum Gasteiger partial charge on any atom is 0.408 e. The van der Waals surface area contributed by atoms with Crippen LogP contribution in [-0.2, 0) is 30.3 Å². The molecule has 10 heteroatoms. The third-order valence-electron chi connectivity index (χ3n) is 6.80. The van der Waals surface area contributed by atoms with Gasteiger partial charge in [0.25, 0.3) is 0 Å². The van der Waals surface area contributed by atoms with Crippen LogP contribution in [0.4, 0.5) is 4.79 Å². The highest BCUT2D eigenvalue weighted by atomic mass is 16.6. The lowest BCUT2D eigenvalue weighted by Crippen LogP contribution is -2.55. The van der Waals surface area contributed by atoms with Crippen molar-refractivity contribution in [2.24, 2.45) is 5.92 Å². The van der Waals surface area contributed by atoms with Crippen molar-refractivity contribution in [2.75, 3.05) is 6.54 Å². The van der Waals surface area contributed by atoms with E-state index in [1.54, 1.807) is 47.6 Å².